The highest BCUT2D eigenvalue weighted by atomic mass is 15.2. The SMILES string of the molecule is CC#CCCN1CC(N)C1. The van der Waals surface area contributed by atoms with E-state index in [-0.39, 0.29) is 0 Å². The molecule has 0 atom stereocenters. The lowest BCUT2D eigenvalue weighted by Crippen LogP contribution is -2.55. The van der Waals surface area contributed by atoms with Gasteiger partial charge in [-0.3, -0.25) is 4.90 Å². The van der Waals surface area contributed by atoms with Crippen LogP contribution in [0.25, 0.3) is 0 Å². The molecule has 0 aromatic carbocycles. The van der Waals surface area contributed by atoms with E-state index < -0.39 is 0 Å². The van der Waals surface area contributed by atoms with E-state index in [1.54, 1.807) is 0 Å². The molecule has 1 saturated heterocycles. The summed E-state index contributed by atoms with van der Waals surface area (Å²) in [5.41, 5.74) is 5.60. The lowest BCUT2D eigenvalue weighted by atomic mass is 10.1. The molecule has 0 bridgehead atoms. The third kappa shape index (κ3) is 2.02. The van der Waals surface area contributed by atoms with Crippen LogP contribution in [0.3, 0.4) is 0 Å². The van der Waals surface area contributed by atoms with E-state index in [1.807, 2.05) is 6.92 Å². The first-order valence-corrected chi connectivity index (χ1v) is 3.70. The van der Waals surface area contributed by atoms with Crippen LogP contribution in [0, 0.1) is 11.8 Å². The zero-order valence-corrected chi connectivity index (χ0v) is 6.43. The Hall–Kier alpha value is -0.520. The van der Waals surface area contributed by atoms with Crippen molar-refractivity contribution in [2.45, 2.75) is 19.4 Å². The summed E-state index contributed by atoms with van der Waals surface area (Å²) in [6.45, 7) is 5.09. The van der Waals surface area contributed by atoms with Crippen LogP contribution in [0.15, 0.2) is 0 Å². The van der Waals surface area contributed by atoms with Gasteiger partial charge in [-0.05, 0) is 6.92 Å². The standard InChI is InChI=1S/C8H14N2/c1-2-3-4-5-10-6-8(9)7-10/h8H,4-7,9H2,1H3. The molecule has 0 spiro atoms. The van der Waals surface area contributed by atoms with Gasteiger partial charge in [0.25, 0.3) is 0 Å². The first-order chi connectivity index (χ1) is 4.83. The zero-order valence-electron chi connectivity index (χ0n) is 6.43. The summed E-state index contributed by atoms with van der Waals surface area (Å²) in [5, 5.41) is 0. The molecule has 2 N–H and O–H groups in total. The fraction of sp³-hybridized carbons (Fsp3) is 0.750. The van der Waals surface area contributed by atoms with Gasteiger partial charge < -0.3 is 5.73 Å². The maximum atomic E-state index is 5.60. The van der Waals surface area contributed by atoms with Crippen molar-refractivity contribution in [2.24, 2.45) is 5.73 Å². The van der Waals surface area contributed by atoms with Crippen LogP contribution in [0.5, 0.6) is 0 Å². The van der Waals surface area contributed by atoms with Crippen LogP contribution < -0.4 is 5.73 Å². The van der Waals surface area contributed by atoms with Crippen LogP contribution in [-0.4, -0.2) is 30.6 Å². The van der Waals surface area contributed by atoms with Gasteiger partial charge in [0.15, 0.2) is 0 Å². The summed E-state index contributed by atoms with van der Waals surface area (Å²) < 4.78 is 0. The van der Waals surface area contributed by atoms with Gasteiger partial charge >= 0.3 is 0 Å². The molecular weight excluding hydrogens is 124 g/mol. The first-order valence-electron chi connectivity index (χ1n) is 3.70. The molecule has 0 saturated carbocycles. The Morgan fingerprint density at radius 3 is 2.80 bits per heavy atom. The second kappa shape index (κ2) is 3.60. The molecule has 2 nitrogen and oxygen atoms in total. The molecular formula is C8H14N2. The van der Waals surface area contributed by atoms with Crippen LogP contribution in [0.1, 0.15) is 13.3 Å². The normalized spacial score (nSPS) is 19.4. The van der Waals surface area contributed by atoms with Crippen LogP contribution in [0.4, 0.5) is 0 Å². The Kier molecular flexibility index (Phi) is 2.73. The van der Waals surface area contributed by atoms with Crippen molar-refractivity contribution in [1.82, 2.24) is 4.90 Å². The second-order valence-electron chi connectivity index (χ2n) is 2.70. The molecule has 1 fully saturated rings. The van der Waals surface area contributed by atoms with Gasteiger partial charge in [-0.15, -0.1) is 11.8 Å². The average molecular weight is 138 g/mol. The van der Waals surface area contributed by atoms with Crippen molar-refractivity contribution >= 4 is 0 Å². The molecule has 0 aliphatic carbocycles. The quantitative estimate of drug-likeness (QED) is 0.546. The van der Waals surface area contributed by atoms with Crippen molar-refractivity contribution in [3.8, 4) is 11.8 Å². The van der Waals surface area contributed by atoms with Crippen molar-refractivity contribution in [1.29, 1.82) is 0 Å². The maximum absolute atomic E-state index is 5.60. The Morgan fingerprint density at radius 2 is 2.30 bits per heavy atom. The summed E-state index contributed by atoms with van der Waals surface area (Å²) in [5.74, 6) is 5.90. The number of nitrogens with two attached hydrogens (primary N) is 1. The van der Waals surface area contributed by atoms with Crippen LogP contribution in [0.2, 0.25) is 0 Å². The van der Waals surface area contributed by atoms with Crippen molar-refractivity contribution < 1.29 is 0 Å². The van der Waals surface area contributed by atoms with Crippen LogP contribution >= 0.6 is 0 Å². The highest BCUT2D eigenvalue weighted by Gasteiger charge is 2.21. The number of likely N-dealkylation sites (tertiary alicyclic amines) is 1. The molecule has 1 aliphatic rings. The fourth-order valence-corrected chi connectivity index (χ4v) is 1.13. The van der Waals surface area contributed by atoms with Gasteiger partial charge in [-0.2, -0.15) is 0 Å². The summed E-state index contributed by atoms with van der Waals surface area (Å²) in [6, 6.07) is 0.426. The van der Waals surface area contributed by atoms with Crippen molar-refractivity contribution in [3.63, 3.8) is 0 Å². The first kappa shape index (κ1) is 7.59. The largest absolute Gasteiger partial charge is 0.325 e. The molecule has 0 aromatic rings. The van der Waals surface area contributed by atoms with Crippen LogP contribution in [-0.2, 0) is 0 Å². The highest BCUT2D eigenvalue weighted by molar-refractivity contribution is 4.96. The second-order valence-corrected chi connectivity index (χ2v) is 2.70. The molecule has 0 amide bonds. The Balaban J connectivity index is 1.98. The third-order valence-electron chi connectivity index (χ3n) is 1.72. The topological polar surface area (TPSA) is 29.3 Å². The highest BCUT2D eigenvalue weighted by Crippen LogP contribution is 2.04. The summed E-state index contributed by atoms with van der Waals surface area (Å²) in [7, 11) is 0. The minimum absolute atomic E-state index is 0.426. The van der Waals surface area contributed by atoms with E-state index in [9.17, 15) is 0 Å². The van der Waals surface area contributed by atoms with Crippen molar-refractivity contribution in [3.05, 3.63) is 0 Å². The number of hydrogen-bond acceptors (Lipinski definition) is 2. The lowest BCUT2D eigenvalue weighted by Gasteiger charge is -2.36. The Morgan fingerprint density at radius 1 is 1.60 bits per heavy atom. The maximum Gasteiger partial charge on any atom is 0.0297 e. The molecule has 2 heteroatoms. The molecule has 1 aliphatic heterocycles. The minimum Gasteiger partial charge on any atom is -0.325 e. The molecule has 0 unspecified atom stereocenters. The summed E-state index contributed by atoms with van der Waals surface area (Å²) in [4.78, 5) is 2.33. The predicted octanol–water partition coefficient (Wildman–Crippen LogP) is 0.0427. The van der Waals surface area contributed by atoms with E-state index in [4.69, 9.17) is 5.73 Å². The minimum atomic E-state index is 0.426. The van der Waals surface area contributed by atoms with E-state index in [0.29, 0.717) is 6.04 Å². The third-order valence-corrected chi connectivity index (χ3v) is 1.72. The summed E-state index contributed by atoms with van der Waals surface area (Å²) >= 11 is 0. The Labute approximate surface area is 62.4 Å². The smallest absolute Gasteiger partial charge is 0.0297 e. The van der Waals surface area contributed by atoms with Gasteiger partial charge in [-0.25, -0.2) is 0 Å². The van der Waals surface area contributed by atoms with Gasteiger partial charge in [-0.1, -0.05) is 0 Å². The molecule has 1 heterocycles. The van der Waals surface area contributed by atoms with E-state index >= 15 is 0 Å². The monoisotopic (exact) mass is 138 g/mol. The van der Waals surface area contributed by atoms with E-state index in [2.05, 4.69) is 16.7 Å². The van der Waals surface area contributed by atoms with E-state index in [1.165, 1.54) is 0 Å². The van der Waals surface area contributed by atoms with Gasteiger partial charge in [0, 0.05) is 32.1 Å². The molecule has 56 valence electrons. The number of hydrogen-bond donors (Lipinski definition) is 1. The predicted molar refractivity (Wildman–Crippen MR) is 42.5 cm³/mol. The molecule has 10 heavy (non-hydrogen) atoms. The van der Waals surface area contributed by atoms with Gasteiger partial charge in [0.05, 0.1) is 0 Å². The summed E-state index contributed by atoms with van der Waals surface area (Å²) in [6.07, 6.45) is 0.989. The Bertz CT molecular complexity index is 148. The number of rotatable bonds is 2. The van der Waals surface area contributed by atoms with E-state index in [0.717, 1.165) is 26.1 Å². The molecule has 0 radical (unpaired) electrons. The van der Waals surface area contributed by atoms with Gasteiger partial charge in [0.1, 0.15) is 0 Å². The lowest BCUT2D eigenvalue weighted by molar-refractivity contribution is 0.155. The zero-order chi connectivity index (χ0) is 7.40. The molecule has 0 aromatic heterocycles. The number of nitrogens with zero attached hydrogens (tertiary/aromatic N) is 1. The van der Waals surface area contributed by atoms with Crippen molar-refractivity contribution in [2.75, 3.05) is 19.6 Å². The van der Waals surface area contributed by atoms with Gasteiger partial charge in [0.2, 0.25) is 0 Å². The molecule has 1 rings (SSSR count). The fourth-order valence-electron chi connectivity index (χ4n) is 1.13. The average Bonchev–Trinajstić information content (AvgIpc) is 1.85.